The van der Waals surface area contributed by atoms with E-state index in [0.29, 0.717) is 35.2 Å². The summed E-state index contributed by atoms with van der Waals surface area (Å²) in [5.74, 6) is 0.635. The molecule has 1 saturated heterocycles. The molecular formula is C24H31FN6O. The molecule has 4 heterocycles. The molecule has 1 N–H and O–H groups in total. The van der Waals surface area contributed by atoms with Crippen molar-refractivity contribution in [3.8, 4) is 11.4 Å². The van der Waals surface area contributed by atoms with Gasteiger partial charge in [-0.05, 0) is 37.5 Å². The van der Waals surface area contributed by atoms with Crippen molar-refractivity contribution in [3.63, 3.8) is 0 Å². The second-order valence-corrected chi connectivity index (χ2v) is 8.95. The fraction of sp³-hybridized carbons (Fsp3) is 0.458. The van der Waals surface area contributed by atoms with E-state index in [1.807, 2.05) is 46.8 Å². The number of hydrogen-bond acceptors (Lipinski definition) is 4. The molecule has 1 fully saturated rings. The molecule has 2 aromatic heterocycles. The lowest BCUT2D eigenvalue weighted by atomic mass is 9.97. The minimum atomic E-state index is -0.296. The number of likely N-dealkylation sites (N-methyl/N-ethyl adjacent to an activating group) is 1. The number of nitrogens with one attached hydrogen (secondary N) is 1. The van der Waals surface area contributed by atoms with E-state index in [-0.39, 0.29) is 31.0 Å². The standard InChI is InChI=1S/C24H29FN6O.H2/c1-5-29-8-7-26-23(29)18-9-16(14(3)4)21(25)22-17(18)10-19(28-22)24(32)30-12-15-11-27-31(6-2)20(15)13-30;/h7-11,14-15,20,28H,5-6,12-13H2,1-4H3;1H. The summed E-state index contributed by atoms with van der Waals surface area (Å²) in [5.41, 5.74) is 2.24. The van der Waals surface area contributed by atoms with Crippen LogP contribution in [0.5, 0.6) is 0 Å². The molecule has 1 amide bonds. The first-order chi connectivity index (χ1) is 15.4. The Morgan fingerprint density at radius 3 is 2.81 bits per heavy atom. The van der Waals surface area contributed by atoms with Gasteiger partial charge >= 0.3 is 0 Å². The van der Waals surface area contributed by atoms with E-state index >= 15 is 4.39 Å². The van der Waals surface area contributed by atoms with Crippen molar-refractivity contribution in [1.82, 2.24) is 24.4 Å². The fourth-order valence-electron chi connectivity index (χ4n) is 4.99. The van der Waals surface area contributed by atoms with Gasteiger partial charge in [0.25, 0.3) is 5.91 Å². The first kappa shape index (κ1) is 20.7. The first-order valence-corrected chi connectivity index (χ1v) is 11.4. The summed E-state index contributed by atoms with van der Waals surface area (Å²) in [4.78, 5) is 22.9. The van der Waals surface area contributed by atoms with Crippen molar-refractivity contribution in [2.75, 3.05) is 19.6 Å². The third-order valence-corrected chi connectivity index (χ3v) is 6.76. The Bertz CT molecular complexity index is 1220. The van der Waals surface area contributed by atoms with Gasteiger partial charge in [0.2, 0.25) is 0 Å². The highest BCUT2D eigenvalue weighted by Gasteiger charge is 2.41. The highest BCUT2D eigenvalue weighted by atomic mass is 19.1. The smallest absolute Gasteiger partial charge is 0.270 e. The summed E-state index contributed by atoms with van der Waals surface area (Å²) in [5, 5.41) is 7.17. The number of nitrogens with zero attached hydrogens (tertiary/aromatic N) is 5. The number of aromatic nitrogens is 3. The summed E-state index contributed by atoms with van der Waals surface area (Å²) in [6, 6.07) is 3.90. The Kier molecular flexibility index (Phi) is 5.03. The van der Waals surface area contributed by atoms with E-state index in [2.05, 4.69) is 28.9 Å². The van der Waals surface area contributed by atoms with Crippen LogP contribution in [0, 0.1) is 11.7 Å². The number of aromatic amines is 1. The van der Waals surface area contributed by atoms with Crippen LogP contribution in [0.2, 0.25) is 0 Å². The summed E-state index contributed by atoms with van der Waals surface area (Å²) < 4.78 is 17.5. The molecular weight excluding hydrogens is 407 g/mol. The van der Waals surface area contributed by atoms with E-state index in [4.69, 9.17) is 0 Å². The van der Waals surface area contributed by atoms with Gasteiger partial charge in [0.15, 0.2) is 5.82 Å². The van der Waals surface area contributed by atoms with Gasteiger partial charge in [-0.15, -0.1) is 0 Å². The minimum absolute atomic E-state index is 0. The zero-order chi connectivity index (χ0) is 22.6. The lowest BCUT2D eigenvalue weighted by Gasteiger charge is -2.22. The van der Waals surface area contributed by atoms with Crippen molar-refractivity contribution in [3.05, 3.63) is 41.6 Å². The van der Waals surface area contributed by atoms with Crippen LogP contribution in [-0.4, -0.2) is 62.2 Å². The van der Waals surface area contributed by atoms with Gasteiger partial charge in [-0.2, -0.15) is 5.10 Å². The number of fused-ring (bicyclic) bond motifs is 2. The van der Waals surface area contributed by atoms with E-state index in [0.717, 1.165) is 24.5 Å². The number of carbonyl (C=O) groups excluding carboxylic acids is 1. The van der Waals surface area contributed by atoms with Gasteiger partial charge in [-0.1, -0.05) is 13.8 Å². The number of likely N-dealkylation sites (tertiary alicyclic amines) is 1. The van der Waals surface area contributed by atoms with Crippen LogP contribution in [0.3, 0.4) is 0 Å². The molecule has 2 atom stereocenters. The largest absolute Gasteiger partial charge is 0.348 e. The summed E-state index contributed by atoms with van der Waals surface area (Å²) in [6.45, 7) is 10.9. The van der Waals surface area contributed by atoms with Crippen LogP contribution in [0.25, 0.3) is 22.3 Å². The van der Waals surface area contributed by atoms with Crippen LogP contribution in [0.1, 0.15) is 51.1 Å². The predicted molar refractivity (Wildman–Crippen MR) is 125 cm³/mol. The number of carbonyl (C=O) groups is 1. The number of benzene rings is 1. The molecule has 0 spiro atoms. The first-order valence-electron chi connectivity index (χ1n) is 11.4. The van der Waals surface area contributed by atoms with Gasteiger partial charge < -0.3 is 14.5 Å². The Morgan fingerprint density at radius 2 is 2.09 bits per heavy atom. The third kappa shape index (κ3) is 3.12. The lowest BCUT2D eigenvalue weighted by molar-refractivity contribution is 0.0771. The van der Waals surface area contributed by atoms with Crippen molar-refractivity contribution in [1.29, 1.82) is 0 Å². The Hall–Kier alpha value is -3.16. The van der Waals surface area contributed by atoms with Crippen molar-refractivity contribution in [2.24, 2.45) is 11.0 Å². The maximum atomic E-state index is 15.5. The van der Waals surface area contributed by atoms with Crippen LogP contribution < -0.4 is 0 Å². The molecule has 32 heavy (non-hydrogen) atoms. The average molecular weight is 439 g/mol. The van der Waals surface area contributed by atoms with E-state index in [9.17, 15) is 4.79 Å². The molecule has 1 aromatic carbocycles. The number of aryl methyl sites for hydroxylation is 1. The zero-order valence-corrected chi connectivity index (χ0v) is 19.0. The Balaban J connectivity index is 0.00000259. The highest BCUT2D eigenvalue weighted by Crippen LogP contribution is 2.36. The van der Waals surface area contributed by atoms with Crippen molar-refractivity contribution >= 4 is 23.0 Å². The normalized spacial score (nSPS) is 20.2. The maximum Gasteiger partial charge on any atom is 0.270 e. The van der Waals surface area contributed by atoms with Crippen LogP contribution in [-0.2, 0) is 6.54 Å². The Morgan fingerprint density at radius 1 is 1.28 bits per heavy atom. The number of rotatable bonds is 5. The van der Waals surface area contributed by atoms with Crippen LogP contribution >= 0.6 is 0 Å². The molecule has 8 heteroatoms. The third-order valence-electron chi connectivity index (χ3n) is 6.76. The molecule has 0 aliphatic carbocycles. The summed E-state index contributed by atoms with van der Waals surface area (Å²) >= 11 is 0. The maximum absolute atomic E-state index is 15.5. The molecule has 3 aromatic rings. The van der Waals surface area contributed by atoms with E-state index in [1.54, 1.807) is 12.3 Å². The predicted octanol–water partition coefficient (Wildman–Crippen LogP) is 4.32. The molecule has 0 radical (unpaired) electrons. The SMILES string of the molecule is CCN1N=CC2CN(C(=O)c3cc4c(-c5nccn5CC)cc(C(C)C)c(F)c4[nH]3)CC21.[HH]. The zero-order valence-electron chi connectivity index (χ0n) is 19.0. The Labute approximate surface area is 188 Å². The number of H-pyrrole nitrogens is 1. The number of halogens is 1. The van der Waals surface area contributed by atoms with Crippen molar-refractivity contribution < 1.29 is 10.6 Å². The second-order valence-electron chi connectivity index (χ2n) is 8.95. The minimum Gasteiger partial charge on any atom is -0.348 e. The second kappa shape index (κ2) is 7.76. The van der Waals surface area contributed by atoms with Gasteiger partial charge in [-0.25, -0.2) is 9.37 Å². The van der Waals surface area contributed by atoms with Crippen molar-refractivity contribution in [2.45, 2.75) is 46.2 Å². The summed E-state index contributed by atoms with van der Waals surface area (Å²) in [6.07, 6.45) is 5.62. The number of imidazole rings is 1. The van der Waals surface area contributed by atoms with Gasteiger partial charge in [0, 0.05) is 63.1 Å². The van der Waals surface area contributed by atoms with Gasteiger partial charge in [0.1, 0.15) is 11.5 Å². The molecule has 0 saturated carbocycles. The van der Waals surface area contributed by atoms with E-state index in [1.165, 1.54) is 0 Å². The monoisotopic (exact) mass is 438 g/mol. The lowest BCUT2D eigenvalue weighted by Crippen LogP contribution is -2.35. The highest BCUT2D eigenvalue weighted by molar-refractivity contribution is 6.03. The summed E-state index contributed by atoms with van der Waals surface area (Å²) in [7, 11) is 0. The van der Waals surface area contributed by atoms with Crippen LogP contribution in [0.15, 0.2) is 29.6 Å². The molecule has 2 unspecified atom stereocenters. The number of hydrogen-bond donors (Lipinski definition) is 1. The number of amides is 1. The van der Waals surface area contributed by atoms with Gasteiger partial charge in [-0.3, -0.25) is 9.80 Å². The van der Waals surface area contributed by atoms with Gasteiger partial charge in [0.05, 0.1) is 11.6 Å². The molecule has 2 aliphatic heterocycles. The molecule has 5 rings (SSSR count). The van der Waals surface area contributed by atoms with E-state index < -0.39 is 0 Å². The average Bonchev–Trinajstić information content (AvgIpc) is 3.55. The van der Waals surface area contributed by atoms with Crippen LogP contribution in [0.4, 0.5) is 4.39 Å². The number of hydrazone groups is 1. The molecule has 170 valence electrons. The quantitative estimate of drug-likeness (QED) is 0.645. The fourth-order valence-corrected chi connectivity index (χ4v) is 4.99. The topological polar surface area (TPSA) is 69.5 Å². The molecule has 2 aliphatic rings. The molecule has 7 nitrogen and oxygen atoms in total. The molecule has 0 bridgehead atoms.